The van der Waals surface area contributed by atoms with Crippen molar-refractivity contribution in [1.82, 2.24) is 0 Å². The third-order valence-corrected chi connectivity index (χ3v) is 7.23. The third-order valence-electron chi connectivity index (χ3n) is 7.23. The van der Waals surface area contributed by atoms with Gasteiger partial charge in [0.25, 0.3) is 11.8 Å². The Balaban J connectivity index is 1.47. The van der Waals surface area contributed by atoms with Crippen molar-refractivity contribution < 1.29 is 19.2 Å². The van der Waals surface area contributed by atoms with Crippen LogP contribution in [0.2, 0.25) is 0 Å². The molecule has 2 fully saturated rings. The van der Waals surface area contributed by atoms with E-state index < -0.39 is 12.1 Å². The molecule has 6 amide bonds. The largest absolute Gasteiger partial charge is 0.336 e. The number of urea groups is 2. The minimum Gasteiger partial charge on any atom is -0.284 e. The molecular weight excluding hydrogens is 468 g/mol. The van der Waals surface area contributed by atoms with Crippen LogP contribution in [-0.2, 0) is 9.59 Å². The Kier molecular flexibility index (Phi) is 5.82. The summed E-state index contributed by atoms with van der Waals surface area (Å²) in [5.74, 6) is -0.756. The summed E-state index contributed by atoms with van der Waals surface area (Å²) in [5, 5.41) is 0. The summed E-state index contributed by atoms with van der Waals surface area (Å²) in [4.78, 5) is 57.8. The molecule has 2 heterocycles. The van der Waals surface area contributed by atoms with Crippen molar-refractivity contribution in [2.45, 2.75) is 34.6 Å². The maximum atomic E-state index is 13.4. The summed E-state index contributed by atoms with van der Waals surface area (Å²) >= 11 is 0. The number of amides is 6. The van der Waals surface area contributed by atoms with Crippen LogP contribution in [0.15, 0.2) is 54.6 Å². The lowest BCUT2D eigenvalue weighted by atomic mass is 10.1. The highest BCUT2D eigenvalue weighted by molar-refractivity contribution is 6.29. The standard InChI is InChI=1S/C29H28N4O4/c1-17-6-9-22(12-20(17)4)30-15-26(34)32(28(30)36)24-11-8-19(3)25(14-24)33-27(35)16-31(29(33)37)23-10-7-18(2)21(5)13-23/h6-14H,15-16H2,1-5H3. The first kappa shape index (κ1) is 24.2. The number of hydrogen-bond acceptors (Lipinski definition) is 4. The molecule has 2 aliphatic rings. The zero-order chi connectivity index (χ0) is 26.6. The molecule has 0 saturated carbocycles. The molecule has 2 aliphatic heterocycles. The van der Waals surface area contributed by atoms with E-state index in [9.17, 15) is 19.2 Å². The van der Waals surface area contributed by atoms with E-state index in [0.717, 1.165) is 32.1 Å². The molecule has 0 N–H and O–H groups in total. The van der Waals surface area contributed by atoms with Gasteiger partial charge in [0.15, 0.2) is 0 Å². The third kappa shape index (κ3) is 4.04. The second-order valence-corrected chi connectivity index (χ2v) is 9.70. The molecule has 8 nitrogen and oxygen atoms in total. The van der Waals surface area contributed by atoms with Gasteiger partial charge in [0, 0.05) is 11.4 Å². The molecular formula is C29H28N4O4. The Bertz CT molecular complexity index is 1500. The monoisotopic (exact) mass is 496 g/mol. The van der Waals surface area contributed by atoms with Gasteiger partial charge in [-0.3, -0.25) is 19.4 Å². The van der Waals surface area contributed by atoms with Gasteiger partial charge in [-0.2, -0.15) is 0 Å². The van der Waals surface area contributed by atoms with E-state index in [1.165, 1.54) is 9.80 Å². The fourth-order valence-corrected chi connectivity index (χ4v) is 4.66. The number of aryl methyl sites for hydroxylation is 5. The van der Waals surface area contributed by atoms with Gasteiger partial charge in [-0.05, 0) is 98.8 Å². The molecule has 0 bridgehead atoms. The smallest absolute Gasteiger partial charge is 0.284 e. The van der Waals surface area contributed by atoms with E-state index in [4.69, 9.17) is 0 Å². The molecule has 0 aliphatic carbocycles. The molecule has 188 valence electrons. The second-order valence-electron chi connectivity index (χ2n) is 9.70. The lowest BCUT2D eigenvalue weighted by molar-refractivity contribution is -0.116. The van der Waals surface area contributed by atoms with Crippen molar-refractivity contribution in [3.8, 4) is 0 Å². The van der Waals surface area contributed by atoms with Crippen molar-refractivity contribution >= 4 is 46.6 Å². The molecule has 5 rings (SSSR count). The minimum absolute atomic E-state index is 0.0901. The van der Waals surface area contributed by atoms with Gasteiger partial charge in [-0.15, -0.1) is 0 Å². The molecule has 3 aromatic carbocycles. The predicted octanol–water partition coefficient (Wildman–Crippen LogP) is 5.18. The SMILES string of the molecule is Cc1ccc(N2CC(=O)N(c3ccc(C)c(N4C(=O)CN(c5ccc(C)c(C)c5)C4=O)c3)C2=O)cc1C. The average molecular weight is 497 g/mol. The Morgan fingerprint density at radius 1 is 0.486 bits per heavy atom. The van der Waals surface area contributed by atoms with Gasteiger partial charge in [0.1, 0.15) is 13.1 Å². The van der Waals surface area contributed by atoms with Crippen LogP contribution in [0.1, 0.15) is 27.8 Å². The van der Waals surface area contributed by atoms with Crippen LogP contribution in [0.25, 0.3) is 0 Å². The first-order chi connectivity index (χ1) is 17.6. The van der Waals surface area contributed by atoms with E-state index in [2.05, 4.69) is 0 Å². The minimum atomic E-state index is -0.473. The maximum absolute atomic E-state index is 13.4. The van der Waals surface area contributed by atoms with E-state index in [0.29, 0.717) is 28.3 Å². The lowest BCUT2D eigenvalue weighted by Gasteiger charge is -2.22. The number of benzene rings is 3. The quantitative estimate of drug-likeness (QED) is 0.467. The lowest BCUT2D eigenvalue weighted by Crippen LogP contribution is -2.35. The summed E-state index contributed by atoms with van der Waals surface area (Å²) in [5.41, 5.74) is 6.86. The fourth-order valence-electron chi connectivity index (χ4n) is 4.66. The summed E-state index contributed by atoms with van der Waals surface area (Å²) < 4.78 is 0. The second kappa shape index (κ2) is 8.89. The van der Waals surface area contributed by atoms with E-state index >= 15 is 0 Å². The van der Waals surface area contributed by atoms with E-state index in [1.54, 1.807) is 25.1 Å². The van der Waals surface area contributed by atoms with Crippen LogP contribution in [0.4, 0.5) is 32.3 Å². The molecule has 0 atom stereocenters. The number of carbonyl (C=O) groups excluding carboxylic acids is 4. The van der Waals surface area contributed by atoms with Crippen LogP contribution in [0.5, 0.6) is 0 Å². The molecule has 8 heteroatoms. The number of hydrogen-bond donors (Lipinski definition) is 0. The van der Waals surface area contributed by atoms with Crippen LogP contribution < -0.4 is 19.6 Å². The van der Waals surface area contributed by atoms with Crippen LogP contribution >= 0.6 is 0 Å². The van der Waals surface area contributed by atoms with Crippen LogP contribution in [-0.4, -0.2) is 37.0 Å². The van der Waals surface area contributed by atoms with Crippen molar-refractivity contribution in [3.63, 3.8) is 0 Å². The summed E-state index contributed by atoms with van der Waals surface area (Å²) in [6.45, 7) is 9.49. The van der Waals surface area contributed by atoms with Gasteiger partial charge in [-0.25, -0.2) is 19.4 Å². The molecule has 2 saturated heterocycles. The number of carbonyl (C=O) groups is 4. The maximum Gasteiger partial charge on any atom is 0.336 e. The fraction of sp³-hybridized carbons (Fsp3) is 0.241. The van der Waals surface area contributed by atoms with Gasteiger partial charge >= 0.3 is 12.1 Å². The number of anilines is 4. The molecule has 0 spiro atoms. The number of nitrogens with zero attached hydrogens (tertiary/aromatic N) is 4. The van der Waals surface area contributed by atoms with Crippen LogP contribution in [0, 0.1) is 34.6 Å². The molecule has 0 radical (unpaired) electrons. The van der Waals surface area contributed by atoms with E-state index in [1.807, 2.05) is 64.1 Å². The highest BCUT2D eigenvalue weighted by atomic mass is 16.2. The number of rotatable bonds is 4. The first-order valence-corrected chi connectivity index (χ1v) is 12.1. The Morgan fingerprint density at radius 2 is 0.919 bits per heavy atom. The van der Waals surface area contributed by atoms with Gasteiger partial charge in [0.2, 0.25) is 0 Å². The van der Waals surface area contributed by atoms with E-state index in [-0.39, 0.29) is 24.9 Å². The van der Waals surface area contributed by atoms with Crippen molar-refractivity contribution in [1.29, 1.82) is 0 Å². The topological polar surface area (TPSA) is 81.2 Å². The Morgan fingerprint density at radius 3 is 1.43 bits per heavy atom. The molecule has 37 heavy (non-hydrogen) atoms. The zero-order valence-corrected chi connectivity index (χ0v) is 21.5. The molecule has 0 aromatic heterocycles. The zero-order valence-electron chi connectivity index (χ0n) is 21.5. The van der Waals surface area contributed by atoms with Crippen LogP contribution in [0.3, 0.4) is 0 Å². The summed E-state index contributed by atoms with van der Waals surface area (Å²) in [6, 6.07) is 15.2. The molecule has 0 unspecified atom stereocenters. The number of imide groups is 2. The average Bonchev–Trinajstić information content (AvgIpc) is 3.32. The van der Waals surface area contributed by atoms with Gasteiger partial charge in [-0.1, -0.05) is 18.2 Å². The van der Waals surface area contributed by atoms with Crippen molar-refractivity contribution in [2.75, 3.05) is 32.7 Å². The summed E-state index contributed by atoms with van der Waals surface area (Å²) in [7, 11) is 0. The predicted molar refractivity (Wildman–Crippen MR) is 143 cm³/mol. The highest BCUT2D eigenvalue weighted by Crippen LogP contribution is 2.34. The summed E-state index contributed by atoms with van der Waals surface area (Å²) in [6.07, 6.45) is 0. The Hall–Kier alpha value is -4.46. The normalized spacial score (nSPS) is 16.0. The van der Waals surface area contributed by atoms with Gasteiger partial charge in [0.05, 0.1) is 11.4 Å². The first-order valence-electron chi connectivity index (χ1n) is 12.1. The van der Waals surface area contributed by atoms with Gasteiger partial charge < -0.3 is 0 Å². The van der Waals surface area contributed by atoms with Crippen molar-refractivity contribution in [2.24, 2.45) is 0 Å². The molecule has 3 aromatic rings. The highest BCUT2D eigenvalue weighted by Gasteiger charge is 2.41. The Labute approximate surface area is 215 Å². The van der Waals surface area contributed by atoms with Crippen molar-refractivity contribution in [3.05, 3.63) is 82.4 Å².